The van der Waals surface area contributed by atoms with Crippen molar-refractivity contribution in [2.24, 2.45) is 10.9 Å². The minimum absolute atomic E-state index is 0. The van der Waals surface area contributed by atoms with Crippen molar-refractivity contribution in [3.63, 3.8) is 0 Å². The lowest BCUT2D eigenvalue weighted by molar-refractivity contribution is 0.0907. The number of hydrogen-bond acceptors (Lipinski definition) is 3. The van der Waals surface area contributed by atoms with Gasteiger partial charge in [-0.2, -0.15) is 5.10 Å². The Morgan fingerprint density at radius 1 is 1.31 bits per heavy atom. The molecule has 1 atom stereocenters. The number of likely N-dealkylation sites (tertiary alicyclic amines) is 1. The average molecular weight is 511 g/mol. The predicted molar refractivity (Wildman–Crippen MR) is 129 cm³/mol. The number of hydrogen-bond donors (Lipinski definition) is 1. The molecule has 1 saturated heterocycles. The van der Waals surface area contributed by atoms with Crippen LogP contribution in [-0.2, 0) is 17.9 Å². The van der Waals surface area contributed by atoms with Crippen molar-refractivity contribution in [2.75, 3.05) is 32.8 Å². The molecule has 0 spiro atoms. The van der Waals surface area contributed by atoms with Gasteiger partial charge in [-0.25, -0.2) is 0 Å². The molecule has 1 aliphatic rings. The van der Waals surface area contributed by atoms with E-state index in [0.29, 0.717) is 12.5 Å². The summed E-state index contributed by atoms with van der Waals surface area (Å²) in [5.74, 6) is 1.60. The highest BCUT2D eigenvalue weighted by atomic mass is 127. The Morgan fingerprint density at radius 3 is 2.86 bits per heavy atom. The van der Waals surface area contributed by atoms with E-state index in [2.05, 4.69) is 59.6 Å². The summed E-state index contributed by atoms with van der Waals surface area (Å²) in [5, 5.41) is 7.78. The first kappa shape index (κ1) is 23.7. The van der Waals surface area contributed by atoms with Crippen molar-refractivity contribution < 1.29 is 4.74 Å². The quantitative estimate of drug-likeness (QED) is 0.242. The van der Waals surface area contributed by atoms with E-state index in [1.165, 1.54) is 11.1 Å². The van der Waals surface area contributed by atoms with E-state index in [4.69, 9.17) is 9.73 Å². The molecule has 3 rings (SSSR count). The van der Waals surface area contributed by atoms with Crippen LogP contribution in [-0.4, -0.2) is 53.4 Å². The van der Waals surface area contributed by atoms with Gasteiger partial charge in [0, 0.05) is 44.8 Å². The average Bonchev–Trinajstić information content (AvgIpc) is 3.34. The van der Waals surface area contributed by atoms with Crippen LogP contribution in [0.1, 0.15) is 30.9 Å². The lowest BCUT2D eigenvalue weighted by Crippen LogP contribution is -2.40. The van der Waals surface area contributed by atoms with Gasteiger partial charge in [0.25, 0.3) is 0 Å². The fourth-order valence-electron chi connectivity index (χ4n) is 3.51. The summed E-state index contributed by atoms with van der Waals surface area (Å²) in [6, 6.07) is 10.4. The summed E-state index contributed by atoms with van der Waals surface area (Å²) in [7, 11) is 0. The zero-order valence-electron chi connectivity index (χ0n) is 17.6. The van der Waals surface area contributed by atoms with E-state index in [1.54, 1.807) is 0 Å². The van der Waals surface area contributed by atoms with Crippen LogP contribution in [0.15, 0.2) is 47.7 Å². The van der Waals surface area contributed by atoms with Gasteiger partial charge in [-0.1, -0.05) is 30.3 Å². The van der Waals surface area contributed by atoms with Crippen LogP contribution in [0.3, 0.4) is 0 Å². The predicted octanol–water partition coefficient (Wildman–Crippen LogP) is 3.70. The molecule has 160 valence electrons. The minimum atomic E-state index is 0. The Labute approximate surface area is 191 Å². The molecule has 2 heterocycles. The van der Waals surface area contributed by atoms with Crippen LogP contribution in [0.2, 0.25) is 0 Å². The van der Waals surface area contributed by atoms with E-state index in [-0.39, 0.29) is 24.0 Å². The van der Waals surface area contributed by atoms with Gasteiger partial charge in [-0.15, -0.1) is 24.0 Å². The first-order valence-electron chi connectivity index (χ1n) is 10.4. The Hall–Kier alpha value is -1.61. The molecule has 2 aromatic rings. The largest absolute Gasteiger partial charge is 0.376 e. The molecule has 6 nitrogen and oxygen atoms in total. The molecule has 1 N–H and O–H groups in total. The molecule has 0 radical (unpaired) electrons. The number of aliphatic imine (C=N–C) groups is 1. The second-order valence-corrected chi connectivity index (χ2v) is 7.47. The first-order valence-corrected chi connectivity index (χ1v) is 10.4. The lowest BCUT2D eigenvalue weighted by Gasteiger charge is -2.21. The highest BCUT2D eigenvalue weighted by Gasteiger charge is 2.24. The van der Waals surface area contributed by atoms with E-state index in [9.17, 15) is 0 Å². The third-order valence-corrected chi connectivity index (χ3v) is 4.95. The van der Waals surface area contributed by atoms with Crippen LogP contribution in [0, 0.1) is 12.8 Å². The fourth-order valence-corrected chi connectivity index (χ4v) is 3.51. The van der Waals surface area contributed by atoms with Gasteiger partial charge in [0.2, 0.25) is 0 Å². The zero-order chi connectivity index (χ0) is 19.6. The number of ether oxygens (including phenoxy) is 1. The van der Waals surface area contributed by atoms with Crippen molar-refractivity contribution in [1.29, 1.82) is 0 Å². The van der Waals surface area contributed by atoms with E-state index >= 15 is 0 Å². The summed E-state index contributed by atoms with van der Waals surface area (Å²) < 4.78 is 7.94. The van der Waals surface area contributed by atoms with Crippen molar-refractivity contribution in [3.05, 3.63) is 53.9 Å². The van der Waals surface area contributed by atoms with Crippen LogP contribution in [0.4, 0.5) is 0 Å². The van der Waals surface area contributed by atoms with Gasteiger partial charge in [-0.05, 0) is 37.8 Å². The van der Waals surface area contributed by atoms with E-state index < -0.39 is 0 Å². The minimum Gasteiger partial charge on any atom is -0.376 e. The summed E-state index contributed by atoms with van der Waals surface area (Å²) >= 11 is 0. The summed E-state index contributed by atoms with van der Waals surface area (Å²) in [6.45, 7) is 10.4. The summed E-state index contributed by atoms with van der Waals surface area (Å²) in [5.41, 5.74) is 2.44. The molecule has 1 aromatic carbocycles. The van der Waals surface area contributed by atoms with Gasteiger partial charge < -0.3 is 15.0 Å². The highest BCUT2D eigenvalue weighted by molar-refractivity contribution is 14.0. The summed E-state index contributed by atoms with van der Waals surface area (Å²) in [6.07, 6.45) is 6.13. The molecule has 0 amide bonds. The number of halogens is 1. The Morgan fingerprint density at radius 2 is 2.14 bits per heavy atom. The van der Waals surface area contributed by atoms with Crippen molar-refractivity contribution in [1.82, 2.24) is 20.0 Å². The molecular formula is C22H34IN5O. The number of aromatic nitrogens is 2. The third-order valence-electron chi connectivity index (χ3n) is 4.95. The maximum absolute atomic E-state index is 5.94. The number of guanidine groups is 1. The SMILES string of the molecule is CCNC(=NCCCn1cc(C)cn1)N1CCC(COCc2ccccc2)C1.I. The molecule has 0 bridgehead atoms. The van der Waals surface area contributed by atoms with Gasteiger partial charge in [0.15, 0.2) is 5.96 Å². The number of nitrogens with zero attached hydrogens (tertiary/aromatic N) is 4. The van der Waals surface area contributed by atoms with E-state index in [1.807, 2.05) is 16.9 Å². The second-order valence-electron chi connectivity index (χ2n) is 7.47. The van der Waals surface area contributed by atoms with Crippen LogP contribution >= 0.6 is 24.0 Å². The standard InChI is InChI=1S/C22H33N5O.HI/c1-3-23-22(24-11-7-12-27-15-19(2)14-25-27)26-13-10-21(16-26)18-28-17-20-8-5-4-6-9-20;/h4-6,8-9,14-15,21H,3,7,10-13,16-18H2,1-2H3,(H,23,24);1H. The molecule has 1 fully saturated rings. The topological polar surface area (TPSA) is 54.7 Å². The van der Waals surface area contributed by atoms with Gasteiger partial charge in [0.05, 0.1) is 19.4 Å². The fraction of sp³-hybridized carbons (Fsp3) is 0.545. The smallest absolute Gasteiger partial charge is 0.193 e. The zero-order valence-corrected chi connectivity index (χ0v) is 19.9. The highest BCUT2D eigenvalue weighted by Crippen LogP contribution is 2.17. The van der Waals surface area contributed by atoms with Crippen molar-refractivity contribution >= 4 is 29.9 Å². The number of nitrogens with one attached hydrogen (secondary N) is 1. The molecule has 1 aromatic heterocycles. The summed E-state index contributed by atoms with van der Waals surface area (Å²) in [4.78, 5) is 7.20. The molecule has 0 aliphatic carbocycles. The number of benzene rings is 1. The first-order chi connectivity index (χ1) is 13.7. The van der Waals surface area contributed by atoms with Gasteiger partial charge in [0.1, 0.15) is 0 Å². The molecule has 1 aliphatic heterocycles. The Kier molecular flexibility index (Phi) is 10.5. The maximum atomic E-state index is 5.94. The molecular weight excluding hydrogens is 477 g/mol. The normalized spacial score (nSPS) is 16.7. The molecule has 1 unspecified atom stereocenters. The number of aryl methyl sites for hydroxylation is 2. The molecule has 0 saturated carbocycles. The Bertz CT molecular complexity index is 734. The van der Waals surface area contributed by atoms with Gasteiger partial charge >= 0.3 is 0 Å². The molecule has 7 heteroatoms. The Balaban J connectivity index is 0.00000300. The maximum Gasteiger partial charge on any atom is 0.193 e. The van der Waals surface area contributed by atoms with Crippen LogP contribution < -0.4 is 5.32 Å². The second kappa shape index (κ2) is 12.8. The van der Waals surface area contributed by atoms with E-state index in [0.717, 1.165) is 58.1 Å². The van der Waals surface area contributed by atoms with Gasteiger partial charge in [-0.3, -0.25) is 9.67 Å². The van der Waals surface area contributed by atoms with Crippen molar-refractivity contribution in [3.8, 4) is 0 Å². The third kappa shape index (κ3) is 7.97. The monoisotopic (exact) mass is 511 g/mol. The van der Waals surface area contributed by atoms with Crippen LogP contribution in [0.5, 0.6) is 0 Å². The molecule has 29 heavy (non-hydrogen) atoms. The van der Waals surface area contributed by atoms with Crippen LogP contribution in [0.25, 0.3) is 0 Å². The number of rotatable bonds is 9. The lowest BCUT2D eigenvalue weighted by atomic mass is 10.1. The van der Waals surface area contributed by atoms with Crippen molar-refractivity contribution in [2.45, 2.75) is 39.8 Å².